The molecular formula is C24H31ClFN3O4S. The van der Waals surface area contributed by atoms with Crippen molar-refractivity contribution in [3.63, 3.8) is 0 Å². The highest BCUT2D eigenvalue weighted by molar-refractivity contribution is 7.92. The predicted molar refractivity (Wildman–Crippen MR) is 133 cm³/mol. The molecule has 10 heteroatoms. The van der Waals surface area contributed by atoms with Gasteiger partial charge in [0.2, 0.25) is 21.8 Å². The number of sulfonamides is 1. The lowest BCUT2D eigenvalue weighted by molar-refractivity contribution is -0.138. The van der Waals surface area contributed by atoms with Gasteiger partial charge in [-0.1, -0.05) is 55.3 Å². The number of hydrogen-bond acceptors (Lipinski definition) is 4. The van der Waals surface area contributed by atoms with Gasteiger partial charge in [-0.2, -0.15) is 0 Å². The second-order valence-corrected chi connectivity index (χ2v) is 10.3. The first-order valence-corrected chi connectivity index (χ1v) is 13.3. The van der Waals surface area contributed by atoms with E-state index < -0.39 is 34.3 Å². The van der Waals surface area contributed by atoms with Crippen LogP contribution in [-0.4, -0.2) is 57.1 Å². The van der Waals surface area contributed by atoms with E-state index in [2.05, 4.69) is 5.32 Å². The van der Waals surface area contributed by atoms with Crippen LogP contribution in [0.3, 0.4) is 0 Å². The zero-order chi connectivity index (χ0) is 25.3. The summed E-state index contributed by atoms with van der Waals surface area (Å²) in [4.78, 5) is 27.4. The van der Waals surface area contributed by atoms with Crippen molar-refractivity contribution in [1.29, 1.82) is 0 Å². The van der Waals surface area contributed by atoms with Crippen molar-refractivity contribution in [2.24, 2.45) is 0 Å². The number of hydrogen-bond donors (Lipinski definition) is 1. The predicted octanol–water partition coefficient (Wildman–Crippen LogP) is 3.62. The molecule has 0 saturated carbocycles. The van der Waals surface area contributed by atoms with E-state index in [4.69, 9.17) is 11.6 Å². The molecule has 1 N–H and O–H groups in total. The summed E-state index contributed by atoms with van der Waals surface area (Å²) in [7, 11) is -3.90. The molecule has 0 aliphatic heterocycles. The van der Waals surface area contributed by atoms with Crippen molar-refractivity contribution < 1.29 is 22.4 Å². The van der Waals surface area contributed by atoms with Crippen molar-refractivity contribution in [2.45, 2.75) is 39.2 Å². The minimum atomic E-state index is -3.90. The van der Waals surface area contributed by atoms with Gasteiger partial charge in [0.25, 0.3) is 0 Å². The van der Waals surface area contributed by atoms with Crippen LogP contribution in [0.25, 0.3) is 0 Å². The molecule has 0 aliphatic carbocycles. The Bertz CT molecular complexity index is 1080. The van der Waals surface area contributed by atoms with E-state index in [1.54, 1.807) is 6.92 Å². The molecule has 34 heavy (non-hydrogen) atoms. The lowest BCUT2D eigenvalue weighted by Gasteiger charge is -2.31. The number of amides is 2. The Kier molecular flexibility index (Phi) is 10.3. The second-order valence-electron chi connectivity index (χ2n) is 8.01. The first kappa shape index (κ1) is 27.6. The van der Waals surface area contributed by atoms with Crippen LogP contribution >= 0.6 is 11.6 Å². The number of nitrogens with one attached hydrogen (secondary N) is 1. The van der Waals surface area contributed by atoms with Gasteiger partial charge in [0, 0.05) is 13.1 Å². The Hall–Kier alpha value is -2.65. The van der Waals surface area contributed by atoms with E-state index in [1.165, 1.54) is 11.0 Å². The van der Waals surface area contributed by atoms with Gasteiger partial charge in [0.1, 0.15) is 18.4 Å². The van der Waals surface area contributed by atoms with Gasteiger partial charge in [-0.25, -0.2) is 12.8 Å². The fraction of sp³-hybridized carbons (Fsp3) is 0.417. The third kappa shape index (κ3) is 7.99. The van der Waals surface area contributed by atoms with Gasteiger partial charge in [0.15, 0.2) is 0 Å². The summed E-state index contributed by atoms with van der Waals surface area (Å²) >= 11 is 5.83. The van der Waals surface area contributed by atoms with Crippen LogP contribution in [0.1, 0.15) is 32.3 Å². The molecule has 0 spiro atoms. The van der Waals surface area contributed by atoms with E-state index in [1.807, 2.05) is 37.3 Å². The molecule has 0 saturated heterocycles. The summed E-state index contributed by atoms with van der Waals surface area (Å²) in [6.45, 7) is 3.77. The highest BCUT2D eigenvalue weighted by atomic mass is 35.5. The number of anilines is 1. The van der Waals surface area contributed by atoms with E-state index in [9.17, 15) is 22.4 Å². The fourth-order valence-corrected chi connectivity index (χ4v) is 4.38. The van der Waals surface area contributed by atoms with Gasteiger partial charge < -0.3 is 10.2 Å². The van der Waals surface area contributed by atoms with E-state index >= 15 is 0 Å². The van der Waals surface area contributed by atoms with Crippen molar-refractivity contribution in [3.05, 3.63) is 64.9 Å². The third-order valence-electron chi connectivity index (χ3n) is 5.35. The smallest absolute Gasteiger partial charge is 0.244 e. The molecule has 0 fully saturated rings. The Labute approximate surface area is 205 Å². The summed E-state index contributed by atoms with van der Waals surface area (Å²) < 4.78 is 39.4. The molecule has 0 unspecified atom stereocenters. The van der Waals surface area contributed by atoms with Crippen LogP contribution in [-0.2, 0) is 26.0 Å². The molecule has 186 valence electrons. The van der Waals surface area contributed by atoms with Crippen molar-refractivity contribution in [2.75, 3.05) is 30.2 Å². The highest BCUT2D eigenvalue weighted by Crippen LogP contribution is 2.24. The molecule has 0 bridgehead atoms. The number of carbonyl (C=O) groups excluding carboxylic acids is 2. The Morgan fingerprint density at radius 2 is 1.82 bits per heavy atom. The molecule has 2 amide bonds. The highest BCUT2D eigenvalue weighted by Gasteiger charge is 2.29. The zero-order valence-electron chi connectivity index (χ0n) is 19.6. The van der Waals surface area contributed by atoms with Crippen LogP contribution in [0.5, 0.6) is 0 Å². The monoisotopic (exact) mass is 511 g/mol. The number of carbonyl (C=O) groups is 2. The summed E-state index contributed by atoms with van der Waals surface area (Å²) in [6, 6.07) is 12.1. The molecule has 0 radical (unpaired) electrons. The van der Waals surface area contributed by atoms with Crippen LogP contribution in [0.15, 0.2) is 48.5 Å². The summed E-state index contributed by atoms with van der Waals surface area (Å²) in [5, 5.41) is 2.56. The van der Waals surface area contributed by atoms with Crippen molar-refractivity contribution >= 4 is 39.1 Å². The van der Waals surface area contributed by atoms with Crippen LogP contribution in [0, 0.1) is 5.82 Å². The summed E-state index contributed by atoms with van der Waals surface area (Å²) in [5.74, 6) is -1.57. The summed E-state index contributed by atoms with van der Waals surface area (Å²) in [6.07, 6.45) is 3.16. The zero-order valence-corrected chi connectivity index (χ0v) is 21.2. The molecule has 2 rings (SSSR count). The number of nitrogens with zero attached hydrogens (tertiary/aromatic N) is 2. The molecular weight excluding hydrogens is 481 g/mol. The molecule has 0 heterocycles. The number of halogens is 2. The maximum atomic E-state index is 13.6. The lowest BCUT2D eigenvalue weighted by Crippen LogP contribution is -2.52. The lowest BCUT2D eigenvalue weighted by atomic mass is 10.1. The third-order valence-corrected chi connectivity index (χ3v) is 6.78. The largest absolute Gasteiger partial charge is 0.354 e. The Morgan fingerprint density at radius 3 is 2.41 bits per heavy atom. The fourth-order valence-electron chi connectivity index (χ4n) is 3.36. The molecule has 1 atom stereocenters. The second kappa shape index (κ2) is 12.7. The quantitative estimate of drug-likeness (QED) is 0.441. The van der Waals surface area contributed by atoms with Crippen LogP contribution in [0.2, 0.25) is 5.02 Å². The van der Waals surface area contributed by atoms with Crippen molar-refractivity contribution in [1.82, 2.24) is 10.2 Å². The Balaban J connectivity index is 2.29. The van der Waals surface area contributed by atoms with E-state index in [0.29, 0.717) is 13.0 Å². The normalized spacial score (nSPS) is 12.1. The van der Waals surface area contributed by atoms with Crippen LogP contribution in [0.4, 0.5) is 10.1 Å². The summed E-state index contributed by atoms with van der Waals surface area (Å²) in [5.41, 5.74) is 1.04. The minimum absolute atomic E-state index is 0.0605. The van der Waals surface area contributed by atoms with Gasteiger partial charge in [0.05, 0.1) is 17.0 Å². The average Bonchev–Trinajstić information content (AvgIpc) is 2.79. The molecule has 2 aromatic carbocycles. The maximum absolute atomic E-state index is 13.6. The standard InChI is InChI=1S/C24H31ClFN3O4S/c1-4-5-14-27-24(31)18(2)28(15-13-19-9-7-6-8-10-19)23(30)17-29(34(3,32)33)20-11-12-22(26)21(25)16-20/h6-12,16,18H,4-5,13-15,17H2,1-3H3,(H,27,31)/t18-/m0/s1. The molecule has 2 aromatic rings. The topological polar surface area (TPSA) is 86.8 Å². The number of benzene rings is 2. The van der Waals surface area contributed by atoms with Gasteiger partial charge in [-0.15, -0.1) is 0 Å². The molecule has 0 aromatic heterocycles. The van der Waals surface area contributed by atoms with Gasteiger partial charge in [-0.3, -0.25) is 13.9 Å². The van der Waals surface area contributed by atoms with E-state index in [0.717, 1.165) is 41.1 Å². The maximum Gasteiger partial charge on any atom is 0.244 e. The Morgan fingerprint density at radius 1 is 1.15 bits per heavy atom. The van der Waals surface area contributed by atoms with E-state index in [-0.39, 0.29) is 23.2 Å². The van der Waals surface area contributed by atoms with Gasteiger partial charge >= 0.3 is 0 Å². The van der Waals surface area contributed by atoms with Crippen molar-refractivity contribution in [3.8, 4) is 0 Å². The SMILES string of the molecule is CCCCNC(=O)[C@H](C)N(CCc1ccccc1)C(=O)CN(c1ccc(F)c(Cl)c1)S(C)(=O)=O. The number of rotatable bonds is 12. The average molecular weight is 512 g/mol. The minimum Gasteiger partial charge on any atom is -0.354 e. The first-order chi connectivity index (χ1) is 16.0. The van der Waals surface area contributed by atoms with Gasteiger partial charge in [-0.05, 0) is 43.5 Å². The van der Waals surface area contributed by atoms with Crippen LogP contribution < -0.4 is 9.62 Å². The first-order valence-electron chi connectivity index (χ1n) is 11.1. The number of unbranched alkanes of at least 4 members (excludes halogenated alkanes) is 1. The molecule has 7 nitrogen and oxygen atoms in total. The molecule has 0 aliphatic rings.